The van der Waals surface area contributed by atoms with Gasteiger partial charge in [0.2, 0.25) is 11.8 Å². The van der Waals surface area contributed by atoms with Gasteiger partial charge in [-0.15, -0.1) is 0 Å². The van der Waals surface area contributed by atoms with Crippen LogP contribution in [0, 0.1) is 10.1 Å². The lowest BCUT2D eigenvalue weighted by Gasteiger charge is -2.28. The average Bonchev–Trinajstić information content (AvgIpc) is 2.70. The van der Waals surface area contributed by atoms with Gasteiger partial charge in [-0.3, -0.25) is 29.4 Å². The molecule has 0 saturated carbocycles. The van der Waals surface area contributed by atoms with E-state index in [9.17, 15) is 24.5 Å². The van der Waals surface area contributed by atoms with E-state index in [2.05, 4.69) is 5.32 Å². The Hall–Kier alpha value is -3.95. The second kappa shape index (κ2) is 8.38. The summed E-state index contributed by atoms with van der Waals surface area (Å²) in [5.41, 5.74) is 6.42. The number of fused-ring (bicyclic) bond motifs is 1. The third-order valence-corrected chi connectivity index (χ3v) is 4.35. The van der Waals surface area contributed by atoms with Gasteiger partial charge in [-0.2, -0.15) is 0 Å². The highest BCUT2D eigenvalue weighted by atomic mass is 16.6. The standard InChI is InChI=1S/C19H18N4O6/c20-19(26)13-3-1-2-12(8-13)6-7-21-17(24)10-22-15-9-14(23(27)28)4-5-16(15)29-11-18(22)25/h1-5,8-9H,6-7,10-11H2,(H2,20,26)(H,21,24). The molecule has 0 unspecified atom stereocenters. The molecule has 10 nitrogen and oxygen atoms in total. The molecule has 1 aliphatic rings. The molecule has 0 atom stereocenters. The first-order chi connectivity index (χ1) is 13.8. The summed E-state index contributed by atoms with van der Waals surface area (Å²) in [6.07, 6.45) is 0.464. The molecule has 3 rings (SSSR count). The van der Waals surface area contributed by atoms with Gasteiger partial charge in [-0.1, -0.05) is 12.1 Å². The van der Waals surface area contributed by atoms with Crippen molar-refractivity contribution in [1.29, 1.82) is 0 Å². The zero-order chi connectivity index (χ0) is 21.0. The fourth-order valence-corrected chi connectivity index (χ4v) is 2.90. The molecular weight excluding hydrogens is 380 g/mol. The van der Waals surface area contributed by atoms with Crippen molar-refractivity contribution < 1.29 is 24.0 Å². The van der Waals surface area contributed by atoms with Gasteiger partial charge in [-0.05, 0) is 30.2 Å². The highest BCUT2D eigenvalue weighted by molar-refractivity contribution is 6.02. The first-order valence-corrected chi connectivity index (χ1v) is 8.72. The minimum absolute atomic E-state index is 0.180. The van der Waals surface area contributed by atoms with Crippen LogP contribution in [0.15, 0.2) is 42.5 Å². The molecule has 2 aromatic rings. The number of nitro benzene ring substituents is 1. The minimum atomic E-state index is -0.586. The number of carbonyl (C=O) groups is 3. The Labute approximate surface area is 165 Å². The maximum Gasteiger partial charge on any atom is 0.271 e. The minimum Gasteiger partial charge on any atom is -0.482 e. The molecule has 29 heavy (non-hydrogen) atoms. The number of nitro groups is 1. The van der Waals surface area contributed by atoms with Gasteiger partial charge in [0.15, 0.2) is 6.61 Å². The van der Waals surface area contributed by atoms with Crippen molar-refractivity contribution in [2.45, 2.75) is 6.42 Å². The summed E-state index contributed by atoms with van der Waals surface area (Å²) in [7, 11) is 0. The van der Waals surface area contributed by atoms with E-state index in [0.29, 0.717) is 17.7 Å². The summed E-state index contributed by atoms with van der Waals surface area (Å²) in [5.74, 6) is -1.13. The largest absolute Gasteiger partial charge is 0.482 e. The molecule has 0 spiro atoms. The Morgan fingerprint density at radius 3 is 2.76 bits per heavy atom. The highest BCUT2D eigenvalue weighted by Gasteiger charge is 2.29. The molecule has 0 radical (unpaired) electrons. The van der Waals surface area contributed by atoms with Crippen LogP contribution in [0.2, 0.25) is 0 Å². The van der Waals surface area contributed by atoms with Gasteiger partial charge in [-0.25, -0.2) is 0 Å². The molecule has 150 valence electrons. The number of carbonyl (C=O) groups excluding carboxylic acids is 3. The zero-order valence-electron chi connectivity index (χ0n) is 15.3. The summed E-state index contributed by atoms with van der Waals surface area (Å²) < 4.78 is 5.27. The number of nitrogens with zero attached hydrogens (tertiary/aromatic N) is 2. The maximum atomic E-state index is 12.3. The predicted octanol–water partition coefficient (Wildman–Crippen LogP) is 0.778. The topological polar surface area (TPSA) is 145 Å². The van der Waals surface area contributed by atoms with Gasteiger partial charge in [0.1, 0.15) is 12.3 Å². The van der Waals surface area contributed by atoms with Crippen LogP contribution < -0.4 is 20.7 Å². The van der Waals surface area contributed by atoms with Crippen LogP contribution in [-0.2, 0) is 16.0 Å². The van der Waals surface area contributed by atoms with E-state index in [4.69, 9.17) is 10.5 Å². The third kappa shape index (κ3) is 4.67. The SMILES string of the molecule is NC(=O)c1cccc(CCNC(=O)CN2C(=O)COc3ccc([N+](=O)[O-])cc32)c1. The summed E-state index contributed by atoms with van der Waals surface area (Å²) in [5, 5.41) is 13.7. The van der Waals surface area contributed by atoms with Crippen molar-refractivity contribution in [3.8, 4) is 5.75 Å². The molecule has 1 heterocycles. The maximum absolute atomic E-state index is 12.3. The number of primary amides is 1. The highest BCUT2D eigenvalue weighted by Crippen LogP contribution is 2.35. The summed E-state index contributed by atoms with van der Waals surface area (Å²) in [4.78, 5) is 47.3. The van der Waals surface area contributed by atoms with E-state index in [1.54, 1.807) is 24.3 Å². The number of benzene rings is 2. The van der Waals surface area contributed by atoms with Crippen LogP contribution in [0.3, 0.4) is 0 Å². The molecular formula is C19H18N4O6. The molecule has 2 aromatic carbocycles. The molecule has 0 bridgehead atoms. The van der Waals surface area contributed by atoms with Crippen LogP contribution in [-0.4, -0.2) is 42.3 Å². The quantitative estimate of drug-likeness (QED) is 0.521. The zero-order valence-corrected chi connectivity index (χ0v) is 15.3. The molecule has 3 N–H and O–H groups in total. The lowest BCUT2D eigenvalue weighted by Crippen LogP contribution is -2.45. The summed E-state index contributed by atoms with van der Waals surface area (Å²) in [6, 6.07) is 10.6. The molecule has 10 heteroatoms. The molecule has 0 fully saturated rings. The van der Waals surface area contributed by atoms with E-state index in [0.717, 1.165) is 10.5 Å². The van der Waals surface area contributed by atoms with Crippen molar-refractivity contribution in [2.24, 2.45) is 5.73 Å². The van der Waals surface area contributed by atoms with Crippen LogP contribution in [0.5, 0.6) is 5.75 Å². The van der Waals surface area contributed by atoms with E-state index in [-0.39, 0.29) is 31.1 Å². The van der Waals surface area contributed by atoms with Crippen LogP contribution >= 0.6 is 0 Å². The number of ether oxygens (including phenoxy) is 1. The van der Waals surface area contributed by atoms with Crippen LogP contribution in [0.4, 0.5) is 11.4 Å². The number of hydrogen-bond donors (Lipinski definition) is 2. The third-order valence-electron chi connectivity index (χ3n) is 4.35. The molecule has 0 aliphatic carbocycles. The number of nitrogens with one attached hydrogen (secondary N) is 1. The second-order valence-electron chi connectivity index (χ2n) is 6.34. The number of hydrogen-bond acceptors (Lipinski definition) is 6. The van der Waals surface area contributed by atoms with Gasteiger partial charge in [0.05, 0.1) is 10.6 Å². The van der Waals surface area contributed by atoms with Crippen molar-refractivity contribution in [2.75, 3.05) is 24.6 Å². The summed E-state index contributed by atoms with van der Waals surface area (Å²) in [6.45, 7) is -0.267. The van der Waals surface area contributed by atoms with Crippen molar-refractivity contribution >= 4 is 29.1 Å². The van der Waals surface area contributed by atoms with Gasteiger partial charge >= 0.3 is 0 Å². The Kier molecular flexibility index (Phi) is 5.72. The lowest BCUT2D eigenvalue weighted by molar-refractivity contribution is -0.384. The van der Waals surface area contributed by atoms with Gasteiger partial charge in [0, 0.05) is 24.2 Å². The number of amides is 3. The number of anilines is 1. The first-order valence-electron chi connectivity index (χ1n) is 8.72. The molecule has 0 aromatic heterocycles. The molecule has 3 amide bonds. The molecule has 0 saturated heterocycles. The molecule has 1 aliphatic heterocycles. The Balaban J connectivity index is 1.63. The van der Waals surface area contributed by atoms with E-state index >= 15 is 0 Å². The first kappa shape index (κ1) is 19.8. The number of nitrogens with two attached hydrogens (primary N) is 1. The van der Waals surface area contributed by atoms with Crippen LogP contribution in [0.25, 0.3) is 0 Å². The smallest absolute Gasteiger partial charge is 0.271 e. The second-order valence-corrected chi connectivity index (χ2v) is 6.34. The van der Waals surface area contributed by atoms with E-state index in [1.807, 2.05) is 0 Å². The fraction of sp³-hybridized carbons (Fsp3) is 0.211. The van der Waals surface area contributed by atoms with Crippen LogP contribution in [0.1, 0.15) is 15.9 Å². The van der Waals surface area contributed by atoms with E-state index in [1.165, 1.54) is 18.2 Å². The number of rotatable bonds is 7. The van der Waals surface area contributed by atoms with Gasteiger partial charge < -0.3 is 15.8 Å². The van der Waals surface area contributed by atoms with Crippen molar-refractivity contribution in [3.05, 3.63) is 63.7 Å². The van der Waals surface area contributed by atoms with Gasteiger partial charge in [0.25, 0.3) is 11.6 Å². The summed E-state index contributed by atoms with van der Waals surface area (Å²) >= 11 is 0. The fourth-order valence-electron chi connectivity index (χ4n) is 2.90. The Morgan fingerprint density at radius 2 is 2.03 bits per heavy atom. The monoisotopic (exact) mass is 398 g/mol. The predicted molar refractivity (Wildman–Crippen MR) is 103 cm³/mol. The number of non-ortho nitro benzene ring substituents is 1. The lowest BCUT2D eigenvalue weighted by atomic mass is 10.1. The van der Waals surface area contributed by atoms with E-state index < -0.39 is 22.6 Å². The Bertz CT molecular complexity index is 990. The average molecular weight is 398 g/mol. The normalized spacial score (nSPS) is 12.7. The van der Waals surface area contributed by atoms with Crippen molar-refractivity contribution in [1.82, 2.24) is 5.32 Å². The van der Waals surface area contributed by atoms with Crippen molar-refractivity contribution in [3.63, 3.8) is 0 Å². The Morgan fingerprint density at radius 1 is 1.24 bits per heavy atom.